The van der Waals surface area contributed by atoms with Gasteiger partial charge in [-0.1, -0.05) is 59.4 Å². The van der Waals surface area contributed by atoms with Gasteiger partial charge in [-0.05, 0) is 31.0 Å². The van der Waals surface area contributed by atoms with Crippen molar-refractivity contribution >= 4 is 34.0 Å². The summed E-state index contributed by atoms with van der Waals surface area (Å²) < 4.78 is 0. The molecule has 0 radical (unpaired) electrons. The van der Waals surface area contributed by atoms with Gasteiger partial charge in [-0.2, -0.15) is 0 Å². The number of anilines is 2. The van der Waals surface area contributed by atoms with Gasteiger partial charge in [0.05, 0.1) is 0 Å². The maximum Gasteiger partial charge on any atom is 0.227 e. The van der Waals surface area contributed by atoms with Crippen molar-refractivity contribution in [2.24, 2.45) is 0 Å². The third-order valence-electron chi connectivity index (χ3n) is 4.99. The number of hydrogen-bond donors (Lipinski definition) is 1. The molecule has 1 N–H and O–H groups in total. The van der Waals surface area contributed by atoms with Crippen LogP contribution < -0.4 is 10.2 Å². The first-order chi connectivity index (χ1) is 14.1. The van der Waals surface area contributed by atoms with E-state index in [0.29, 0.717) is 30.9 Å². The number of aryl methyl sites for hydroxylation is 2. The Balaban J connectivity index is 1.34. The Kier molecular flexibility index (Phi) is 5.67. The average molecular weight is 407 g/mol. The second-order valence-electron chi connectivity index (χ2n) is 7.22. The van der Waals surface area contributed by atoms with Crippen LogP contribution in [0, 0.1) is 6.92 Å². The van der Waals surface area contributed by atoms with Crippen LogP contribution in [0.5, 0.6) is 0 Å². The molecule has 2 amide bonds. The Bertz CT molecular complexity index is 1000. The van der Waals surface area contributed by atoms with Gasteiger partial charge in [0.25, 0.3) is 0 Å². The minimum Gasteiger partial charge on any atom is -0.312 e. The van der Waals surface area contributed by atoms with Crippen molar-refractivity contribution in [3.8, 4) is 0 Å². The molecule has 1 aliphatic rings. The highest BCUT2D eigenvalue weighted by Gasteiger charge is 2.33. The van der Waals surface area contributed by atoms with E-state index in [-0.39, 0.29) is 17.7 Å². The third kappa shape index (κ3) is 4.68. The zero-order chi connectivity index (χ0) is 20.2. The van der Waals surface area contributed by atoms with Crippen LogP contribution in [0.1, 0.15) is 34.9 Å². The number of carbonyl (C=O) groups is 2. The Morgan fingerprint density at radius 2 is 1.90 bits per heavy atom. The normalized spacial score (nSPS) is 16.2. The lowest BCUT2D eigenvalue weighted by Gasteiger charge is -2.16. The van der Waals surface area contributed by atoms with Gasteiger partial charge in [-0.15, -0.1) is 10.2 Å². The summed E-state index contributed by atoms with van der Waals surface area (Å²) in [5.74, 6) is -0.000827. The molecule has 1 saturated heterocycles. The van der Waals surface area contributed by atoms with Crippen LogP contribution in [0.25, 0.3) is 0 Å². The fourth-order valence-electron chi connectivity index (χ4n) is 3.38. The van der Waals surface area contributed by atoms with Gasteiger partial charge in [0.2, 0.25) is 16.9 Å². The SMILES string of the molecule is Cc1ccc(N2CC(c3nnc(NC(=O)CCc4ccccc4)s3)CC2=O)cc1. The average Bonchev–Trinajstić information content (AvgIpc) is 3.34. The summed E-state index contributed by atoms with van der Waals surface area (Å²) in [6, 6.07) is 17.8. The summed E-state index contributed by atoms with van der Waals surface area (Å²) in [6.45, 7) is 2.60. The highest BCUT2D eigenvalue weighted by Crippen LogP contribution is 2.34. The lowest BCUT2D eigenvalue weighted by atomic mass is 10.1. The highest BCUT2D eigenvalue weighted by atomic mass is 32.1. The van der Waals surface area contributed by atoms with Crippen molar-refractivity contribution in [2.45, 2.75) is 32.1 Å². The van der Waals surface area contributed by atoms with Crippen molar-refractivity contribution in [1.82, 2.24) is 10.2 Å². The zero-order valence-electron chi connectivity index (χ0n) is 16.2. The molecule has 29 heavy (non-hydrogen) atoms. The minimum atomic E-state index is -0.0830. The van der Waals surface area contributed by atoms with Crippen molar-refractivity contribution < 1.29 is 9.59 Å². The van der Waals surface area contributed by atoms with E-state index in [2.05, 4.69) is 15.5 Å². The number of aromatic nitrogens is 2. The maximum atomic E-state index is 12.5. The van der Waals surface area contributed by atoms with Crippen LogP contribution in [0.15, 0.2) is 54.6 Å². The second-order valence-corrected chi connectivity index (χ2v) is 8.23. The lowest BCUT2D eigenvalue weighted by Crippen LogP contribution is -2.24. The summed E-state index contributed by atoms with van der Waals surface area (Å²) in [5.41, 5.74) is 3.19. The largest absolute Gasteiger partial charge is 0.312 e. The molecule has 1 aromatic heterocycles. The van der Waals surface area contributed by atoms with E-state index in [1.54, 1.807) is 4.90 Å². The number of amides is 2. The first-order valence-corrected chi connectivity index (χ1v) is 10.4. The second kappa shape index (κ2) is 8.53. The van der Waals surface area contributed by atoms with Crippen LogP contribution in [0.4, 0.5) is 10.8 Å². The summed E-state index contributed by atoms with van der Waals surface area (Å²) in [4.78, 5) is 26.5. The van der Waals surface area contributed by atoms with Gasteiger partial charge in [0.15, 0.2) is 0 Å². The molecule has 0 bridgehead atoms. The molecule has 1 unspecified atom stereocenters. The van der Waals surface area contributed by atoms with E-state index in [1.165, 1.54) is 11.3 Å². The quantitative estimate of drug-likeness (QED) is 0.673. The molecule has 7 heteroatoms. The fourth-order valence-corrected chi connectivity index (χ4v) is 4.23. The van der Waals surface area contributed by atoms with Gasteiger partial charge >= 0.3 is 0 Å². The number of benzene rings is 2. The van der Waals surface area contributed by atoms with Crippen LogP contribution in [0.2, 0.25) is 0 Å². The monoisotopic (exact) mass is 406 g/mol. The number of nitrogens with one attached hydrogen (secondary N) is 1. The first kappa shape index (κ1) is 19.3. The molecule has 6 nitrogen and oxygen atoms in total. The lowest BCUT2D eigenvalue weighted by molar-refractivity contribution is -0.117. The van der Waals surface area contributed by atoms with Gasteiger partial charge in [0.1, 0.15) is 5.01 Å². The standard InChI is InChI=1S/C22H22N4O2S/c1-15-7-10-18(11-8-15)26-14-17(13-20(26)28)21-24-25-22(29-21)23-19(27)12-9-16-5-3-2-4-6-16/h2-8,10-11,17H,9,12-14H2,1H3,(H,23,25,27). The molecular formula is C22H22N4O2S. The molecule has 0 spiro atoms. The Hall–Kier alpha value is -3.06. The van der Waals surface area contributed by atoms with Crippen LogP contribution >= 0.6 is 11.3 Å². The van der Waals surface area contributed by atoms with Gasteiger partial charge < -0.3 is 10.2 Å². The molecule has 1 atom stereocenters. The molecule has 1 aliphatic heterocycles. The third-order valence-corrected chi connectivity index (χ3v) is 5.99. The predicted molar refractivity (Wildman–Crippen MR) is 114 cm³/mol. The minimum absolute atomic E-state index is 0.00345. The Morgan fingerprint density at radius 1 is 1.14 bits per heavy atom. The van der Waals surface area contributed by atoms with Gasteiger partial charge in [-0.3, -0.25) is 9.59 Å². The summed E-state index contributed by atoms with van der Waals surface area (Å²) >= 11 is 1.35. The topological polar surface area (TPSA) is 75.2 Å². The van der Waals surface area contributed by atoms with Crippen molar-refractivity contribution in [3.63, 3.8) is 0 Å². The molecular weight excluding hydrogens is 384 g/mol. The fraction of sp³-hybridized carbons (Fsp3) is 0.273. The zero-order valence-corrected chi connectivity index (χ0v) is 17.0. The smallest absolute Gasteiger partial charge is 0.227 e. The van der Waals surface area contributed by atoms with E-state index < -0.39 is 0 Å². The number of hydrogen-bond acceptors (Lipinski definition) is 5. The van der Waals surface area contributed by atoms with Gasteiger partial charge in [0, 0.05) is 31.0 Å². The van der Waals surface area contributed by atoms with Crippen LogP contribution in [-0.2, 0) is 16.0 Å². The molecule has 0 aliphatic carbocycles. The summed E-state index contributed by atoms with van der Waals surface area (Å²) in [6.07, 6.45) is 1.48. The molecule has 1 fully saturated rings. The predicted octanol–water partition coefficient (Wildman–Crippen LogP) is 3.94. The first-order valence-electron chi connectivity index (χ1n) is 9.63. The molecule has 2 aromatic carbocycles. The molecule has 4 rings (SSSR count). The van der Waals surface area contributed by atoms with E-state index in [0.717, 1.165) is 21.8 Å². The Labute approximate surface area is 173 Å². The number of carbonyl (C=O) groups excluding carboxylic acids is 2. The molecule has 148 valence electrons. The van der Waals surface area contributed by atoms with Crippen molar-refractivity contribution in [2.75, 3.05) is 16.8 Å². The molecule has 3 aromatic rings. The van der Waals surface area contributed by atoms with E-state index in [1.807, 2.05) is 61.5 Å². The van der Waals surface area contributed by atoms with Crippen LogP contribution in [0.3, 0.4) is 0 Å². The summed E-state index contributed by atoms with van der Waals surface area (Å²) in [5, 5.41) is 12.4. The Morgan fingerprint density at radius 3 is 2.66 bits per heavy atom. The maximum absolute atomic E-state index is 12.5. The van der Waals surface area contributed by atoms with E-state index in [4.69, 9.17) is 0 Å². The van der Waals surface area contributed by atoms with Crippen LogP contribution in [-0.4, -0.2) is 28.6 Å². The van der Waals surface area contributed by atoms with E-state index in [9.17, 15) is 9.59 Å². The summed E-state index contributed by atoms with van der Waals surface area (Å²) in [7, 11) is 0. The van der Waals surface area contributed by atoms with Crippen molar-refractivity contribution in [3.05, 3.63) is 70.7 Å². The number of rotatable bonds is 6. The highest BCUT2D eigenvalue weighted by molar-refractivity contribution is 7.15. The van der Waals surface area contributed by atoms with E-state index >= 15 is 0 Å². The van der Waals surface area contributed by atoms with Crippen molar-refractivity contribution in [1.29, 1.82) is 0 Å². The molecule has 2 heterocycles. The number of nitrogens with zero attached hydrogens (tertiary/aromatic N) is 3. The van der Waals surface area contributed by atoms with Gasteiger partial charge in [-0.25, -0.2) is 0 Å². The molecule has 0 saturated carbocycles.